The molecule has 1 amide bonds. The van der Waals surface area contributed by atoms with E-state index < -0.39 is 0 Å². The highest BCUT2D eigenvalue weighted by atomic mass is 32.1. The average molecular weight is 300 g/mol. The molecule has 0 aliphatic heterocycles. The van der Waals surface area contributed by atoms with Crippen LogP contribution in [0.1, 0.15) is 35.0 Å². The van der Waals surface area contributed by atoms with Gasteiger partial charge in [0, 0.05) is 18.2 Å². The van der Waals surface area contributed by atoms with Crippen molar-refractivity contribution in [1.29, 1.82) is 0 Å². The molecule has 1 aromatic carbocycles. The highest BCUT2D eigenvalue weighted by Gasteiger charge is 2.25. The first kappa shape index (κ1) is 13.9. The summed E-state index contributed by atoms with van der Waals surface area (Å²) in [5, 5.41) is 5.01. The molecular formula is C16H16N2O2S. The maximum Gasteiger partial charge on any atom is 0.229 e. The maximum atomic E-state index is 12.3. The number of carbonyl (C=O) groups is 2. The Morgan fingerprint density at radius 2 is 2.05 bits per heavy atom. The SMILES string of the molecule is CC(=O)c1csc(NC(=O)C2CCc3ccccc3C2)n1. The number of carbonyl (C=O) groups excluding carboxylic acids is 2. The van der Waals surface area contributed by atoms with Gasteiger partial charge >= 0.3 is 0 Å². The van der Waals surface area contributed by atoms with Gasteiger partial charge in [0.15, 0.2) is 10.9 Å². The third kappa shape index (κ3) is 3.03. The van der Waals surface area contributed by atoms with Gasteiger partial charge in [0.2, 0.25) is 5.91 Å². The highest BCUT2D eigenvalue weighted by molar-refractivity contribution is 7.14. The van der Waals surface area contributed by atoms with Crippen LogP contribution in [-0.4, -0.2) is 16.7 Å². The standard InChI is InChI=1S/C16H16N2O2S/c1-10(19)14-9-21-16(17-14)18-15(20)13-7-6-11-4-2-3-5-12(11)8-13/h2-5,9,13H,6-8H2,1H3,(H,17,18,20). The van der Waals surface area contributed by atoms with E-state index in [-0.39, 0.29) is 17.6 Å². The Morgan fingerprint density at radius 3 is 2.76 bits per heavy atom. The molecule has 0 bridgehead atoms. The summed E-state index contributed by atoms with van der Waals surface area (Å²) >= 11 is 1.29. The lowest BCUT2D eigenvalue weighted by Gasteiger charge is -2.23. The Bertz CT molecular complexity index is 693. The van der Waals surface area contributed by atoms with Crippen molar-refractivity contribution in [3.8, 4) is 0 Å². The van der Waals surface area contributed by atoms with Crippen molar-refractivity contribution in [2.45, 2.75) is 26.2 Å². The fraction of sp³-hybridized carbons (Fsp3) is 0.312. The average Bonchev–Trinajstić information content (AvgIpc) is 2.95. The van der Waals surface area contributed by atoms with Crippen LogP contribution in [0.4, 0.5) is 5.13 Å². The molecule has 108 valence electrons. The lowest BCUT2D eigenvalue weighted by atomic mass is 9.83. The molecule has 1 aliphatic carbocycles. The van der Waals surface area contributed by atoms with Crippen LogP contribution >= 0.6 is 11.3 Å². The number of aromatic nitrogens is 1. The van der Waals surface area contributed by atoms with Gasteiger partial charge in [0.05, 0.1) is 0 Å². The second kappa shape index (κ2) is 5.77. The largest absolute Gasteiger partial charge is 0.302 e. The summed E-state index contributed by atoms with van der Waals surface area (Å²) in [5.74, 6) is -0.114. The smallest absolute Gasteiger partial charge is 0.229 e. The zero-order chi connectivity index (χ0) is 14.8. The van der Waals surface area contributed by atoms with Gasteiger partial charge < -0.3 is 5.32 Å². The molecule has 21 heavy (non-hydrogen) atoms. The number of amides is 1. The summed E-state index contributed by atoms with van der Waals surface area (Å²) in [4.78, 5) is 27.7. The number of thiazole rings is 1. The van der Waals surface area contributed by atoms with Gasteiger partial charge in [-0.25, -0.2) is 4.98 Å². The number of benzene rings is 1. The predicted molar refractivity (Wildman–Crippen MR) is 82.7 cm³/mol. The normalized spacial score (nSPS) is 17.1. The van der Waals surface area contributed by atoms with Crippen molar-refractivity contribution in [1.82, 2.24) is 4.98 Å². The van der Waals surface area contributed by atoms with Crippen LogP contribution in [0, 0.1) is 5.92 Å². The number of hydrogen-bond donors (Lipinski definition) is 1. The lowest BCUT2D eigenvalue weighted by molar-refractivity contribution is -0.120. The number of Topliss-reactive ketones (excluding diaryl/α,β-unsaturated/α-hetero) is 1. The van der Waals surface area contributed by atoms with Gasteiger partial charge in [-0.2, -0.15) is 0 Å². The monoisotopic (exact) mass is 300 g/mol. The van der Waals surface area contributed by atoms with E-state index in [2.05, 4.69) is 22.4 Å². The third-order valence-corrected chi connectivity index (χ3v) is 4.57. The molecule has 0 fully saturated rings. The number of nitrogens with one attached hydrogen (secondary N) is 1. The van der Waals surface area contributed by atoms with E-state index in [0.717, 1.165) is 19.3 Å². The second-order valence-corrected chi connectivity index (χ2v) is 6.15. The van der Waals surface area contributed by atoms with Gasteiger partial charge in [0.1, 0.15) is 5.69 Å². The molecule has 0 radical (unpaired) electrons. The maximum absolute atomic E-state index is 12.3. The lowest BCUT2D eigenvalue weighted by Crippen LogP contribution is -2.28. The Balaban J connectivity index is 1.67. The number of rotatable bonds is 3. The summed E-state index contributed by atoms with van der Waals surface area (Å²) in [5.41, 5.74) is 3.01. The third-order valence-electron chi connectivity index (χ3n) is 3.81. The van der Waals surface area contributed by atoms with E-state index in [1.54, 1.807) is 5.38 Å². The molecular weight excluding hydrogens is 284 g/mol. The minimum Gasteiger partial charge on any atom is -0.302 e. The first-order valence-electron chi connectivity index (χ1n) is 6.97. The van der Waals surface area contributed by atoms with Crippen molar-refractivity contribution in [3.05, 3.63) is 46.5 Å². The fourth-order valence-electron chi connectivity index (χ4n) is 2.62. The van der Waals surface area contributed by atoms with Crippen molar-refractivity contribution in [3.63, 3.8) is 0 Å². The zero-order valence-electron chi connectivity index (χ0n) is 11.8. The number of hydrogen-bond acceptors (Lipinski definition) is 4. The van der Waals surface area contributed by atoms with E-state index in [4.69, 9.17) is 0 Å². The molecule has 2 aromatic rings. The van der Waals surface area contributed by atoms with Crippen LogP contribution in [0.5, 0.6) is 0 Å². The van der Waals surface area contributed by atoms with Crippen LogP contribution in [0.2, 0.25) is 0 Å². The molecule has 5 heteroatoms. The van der Waals surface area contributed by atoms with E-state index in [1.165, 1.54) is 29.4 Å². The Morgan fingerprint density at radius 1 is 1.29 bits per heavy atom. The van der Waals surface area contributed by atoms with Crippen molar-refractivity contribution < 1.29 is 9.59 Å². The van der Waals surface area contributed by atoms with Crippen LogP contribution in [0.25, 0.3) is 0 Å². The van der Waals surface area contributed by atoms with Crippen LogP contribution in [0.3, 0.4) is 0 Å². The minimum atomic E-state index is -0.0849. The summed E-state index contributed by atoms with van der Waals surface area (Å²) < 4.78 is 0. The number of nitrogens with zero attached hydrogens (tertiary/aromatic N) is 1. The molecule has 1 aliphatic rings. The van der Waals surface area contributed by atoms with Gasteiger partial charge in [0.25, 0.3) is 0 Å². The Labute approximate surface area is 127 Å². The summed E-state index contributed by atoms with van der Waals surface area (Å²) in [6, 6.07) is 8.27. The van der Waals surface area contributed by atoms with Gasteiger partial charge in [-0.3, -0.25) is 9.59 Å². The predicted octanol–water partition coefficient (Wildman–Crippen LogP) is 3.09. The molecule has 4 nitrogen and oxygen atoms in total. The van der Waals surface area contributed by atoms with Crippen LogP contribution in [-0.2, 0) is 17.6 Å². The number of anilines is 1. The minimum absolute atomic E-state index is 0.00560. The molecule has 0 spiro atoms. The van der Waals surface area contributed by atoms with Gasteiger partial charge in [-0.15, -0.1) is 11.3 Å². The molecule has 0 saturated heterocycles. The number of aryl methyl sites for hydroxylation is 1. The molecule has 3 rings (SSSR count). The van der Waals surface area contributed by atoms with Crippen LogP contribution < -0.4 is 5.32 Å². The summed E-state index contributed by atoms with van der Waals surface area (Å²) in [7, 11) is 0. The van der Waals surface area contributed by atoms with Crippen molar-refractivity contribution >= 4 is 28.2 Å². The molecule has 0 saturated carbocycles. The van der Waals surface area contributed by atoms with Crippen molar-refractivity contribution in [2.75, 3.05) is 5.32 Å². The van der Waals surface area contributed by atoms with E-state index in [9.17, 15) is 9.59 Å². The Hall–Kier alpha value is -2.01. The molecule has 1 heterocycles. The molecule has 1 unspecified atom stereocenters. The van der Waals surface area contributed by atoms with E-state index >= 15 is 0 Å². The zero-order valence-corrected chi connectivity index (χ0v) is 12.6. The van der Waals surface area contributed by atoms with Crippen molar-refractivity contribution in [2.24, 2.45) is 5.92 Å². The summed E-state index contributed by atoms with van der Waals surface area (Å²) in [6.45, 7) is 1.47. The number of fused-ring (bicyclic) bond motifs is 1. The molecule has 1 N–H and O–H groups in total. The van der Waals surface area contributed by atoms with E-state index in [0.29, 0.717) is 10.8 Å². The van der Waals surface area contributed by atoms with Crippen LogP contribution in [0.15, 0.2) is 29.6 Å². The first-order valence-corrected chi connectivity index (χ1v) is 7.85. The fourth-order valence-corrected chi connectivity index (χ4v) is 3.37. The topological polar surface area (TPSA) is 59.1 Å². The van der Waals surface area contributed by atoms with E-state index in [1.807, 2.05) is 12.1 Å². The van der Waals surface area contributed by atoms with Gasteiger partial charge in [-0.05, 0) is 30.4 Å². The number of ketones is 1. The summed E-state index contributed by atoms with van der Waals surface area (Å²) in [6.07, 6.45) is 2.56. The molecule has 1 atom stereocenters. The Kier molecular flexibility index (Phi) is 3.84. The highest BCUT2D eigenvalue weighted by Crippen LogP contribution is 2.27. The second-order valence-electron chi connectivity index (χ2n) is 5.29. The molecule has 1 aromatic heterocycles. The first-order chi connectivity index (χ1) is 10.1. The van der Waals surface area contributed by atoms with Gasteiger partial charge in [-0.1, -0.05) is 24.3 Å². The quantitative estimate of drug-likeness (QED) is 0.886.